The van der Waals surface area contributed by atoms with E-state index in [0.29, 0.717) is 6.10 Å². The second-order valence-corrected chi connectivity index (χ2v) is 7.66. The molecule has 4 rings (SSSR count). The van der Waals surface area contributed by atoms with Crippen molar-refractivity contribution in [3.05, 3.63) is 39.8 Å². The molecular formula is C16H17BrN4OS. The van der Waals surface area contributed by atoms with Gasteiger partial charge in [0.2, 0.25) is 4.96 Å². The molecule has 0 radical (unpaired) electrons. The zero-order valence-electron chi connectivity index (χ0n) is 12.5. The first-order valence-corrected chi connectivity index (χ1v) is 9.32. The first-order chi connectivity index (χ1) is 11.3. The van der Waals surface area contributed by atoms with E-state index >= 15 is 0 Å². The number of rotatable bonds is 5. The number of fused-ring (bicyclic) bond motifs is 1. The van der Waals surface area contributed by atoms with Gasteiger partial charge in [-0.1, -0.05) is 39.4 Å². The van der Waals surface area contributed by atoms with Gasteiger partial charge in [0.15, 0.2) is 5.82 Å². The Morgan fingerprint density at radius 1 is 1.39 bits per heavy atom. The third-order valence-corrected chi connectivity index (χ3v) is 5.40. The molecule has 3 heterocycles. The molecule has 1 fully saturated rings. The number of benzene rings is 1. The van der Waals surface area contributed by atoms with Crippen molar-refractivity contribution in [1.82, 2.24) is 19.9 Å². The van der Waals surface area contributed by atoms with Crippen LogP contribution in [0.3, 0.4) is 0 Å². The number of hydrogen-bond acceptors (Lipinski definition) is 5. The van der Waals surface area contributed by atoms with Crippen molar-refractivity contribution in [3.8, 4) is 11.4 Å². The van der Waals surface area contributed by atoms with Crippen LogP contribution in [0, 0.1) is 0 Å². The average molecular weight is 393 g/mol. The number of thiazole rings is 1. The van der Waals surface area contributed by atoms with Gasteiger partial charge in [-0.25, -0.2) is 0 Å². The Morgan fingerprint density at radius 2 is 2.35 bits per heavy atom. The summed E-state index contributed by atoms with van der Waals surface area (Å²) in [6.45, 7) is 2.66. The molecule has 0 aliphatic carbocycles. The molecular weight excluding hydrogens is 376 g/mol. The fourth-order valence-corrected chi connectivity index (χ4v) is 4.10. The highest BCUT2D eigenvalue weighted by Gasteiger charge is 2.15. The first kappa shape index (κ1) is 15.3. The number of ether oxygens (including phenoxy) is 1. The Balaban J connectivity index is 1.50. The van der Waals surface area contributed by atoms with Crippen LogP contribution >= 0.6 is 27.3 Å². The molecule has 1 unspecified atom stereocenters. The van der Waals surface area contributed by atoms with Crippen LogP contribution in [0.4, 0.5) is 0 Å². The second kappa shape index (κ2) is 6.68. The molecule has 1 aromatic carbocycles. The Labute approximate surface area is 146 Å². The van der Waals surface area contributed by atoms with Gasteiger partial charge in [0.1, 0.15) is 0 Å². The van der Waals surface area contributed by atoms with Crippen LogP contribution < -0.4 is 5.32 Å². The predicted octanol–water partition coefficient (Wildman–Crippen LogP) is 3.49. The Bertz CT molecular complexity index is 809. The van der Waals surface area contributed by atoms with Gasteiger partial charge in [0.05, 0.1) is 6.10 Å². The van der Waals surface area contributed by atoms with E-state index in [2.05, 4.69) is 48.1 Å². The first-order valence-electron chi connectivity index (χ1n) is 7.71. The van der Waals surface area contributed by atoms with E-state index in [-0.39, 0.29) is 0 Å². The SMILES string of the molecule is Brc1cccc(-c2nnc3sc(CNCC4CCCO4)cn23)c1. The van der Waals surface area contributed by atoms with Crippen molar-refractivity contribution >= 4 is 32.2 Å². The van der Waals surface area contributed by atoms with Crippen LogP contribution in [0.5, 0.6) is 0 Å². The lowest BCUT2D eigenvalue weighted by Gasteiger charge is -2.09. The van der Waals surface area contributed by atoms with Crippen LogP contribution in [-0.2, 0) is 11.3 Å². The van der Waals surface area contributed by atoms with Gasteiger partial charge in [0, 0.05) is 40.8 Å². The molecule has 3 aromatic rings. The molecule has 0 saturated carbocycles. The van der Waals surface area contributed by atoms with Crippen molar-refractivity contribution in [2.45, 2.75) is 25.5 Å². The van der Waals surface area contributed by atoms with E-state index in [1.165, 1.54) is 11.3 Å². The highest BCUT2D eigenvalue weighted by Crippen LogP contribution is 2.25. The van der Waals surface area contributed by atoms with Crippen LogP contribution in [0.1, 0.15) is 17.7 Å². The summed E-state index contributed by atoms with van der Waals surface area (Å²) in [5.74, 6) is 0.878. The number of halogens is 1. The maximum Gasteiger partial charge on any atom is 0.216 e. The fourth-order valence-electron chi connectivity index (χ4n) is 2.82. The summed E-state index contributed by atoms with van der Waals surface area (Å²) in [5, 5.41) is 12.1. The van der Waals surface area contributed by atoms with E-state index in [4.69, 9.17) is 4.74 Å². The molecule has 7 heteroatoms. The van der Waals surface area contributed by atoms with Crippen LogP contribution in [0.15, 0.2) is 34.9 Å². The van der Waals surface area contributed by atoms with E-state index in [1.54, 1.807) is 11.3 Å². The smallest absolute Gasteiger partial charge is 0.216 e. The lowest BCUT2D eigenvalue weighted by molar-refractivity contribution is 0.110. The molecule has 5 nitrogen and oxygen atoms in total. The second-order valence-electron chi connectivity index (χ2n) is 5.65. The largest absolute Gasteiger partial charge is 0.377 e. The van der Waals surface area contributed by atoms with Crippen molar-refractivity contribution < 1.29 is 4.74 Å². The van der Waals surface area contributed by atoms with Gasteiger partial charge < -0.3 is 10.1 Å². The molecule has 2 aromatic heterocycles. The van der Waals surface area contributed by atoms with Crippen molar-refractivity contribution in [2.24, 2.45) is 0 Å². The van der Waals surface area contributed by atoms with Gasteiger partial charge >= 0.3 is 0 Å². The molecule has 0 spiro atoms. The summed E-state index contributed by atoms with van der Waals surface area (Å²) in [7, 11) is 0. The summed E-state index contributed by atoms with van der Waals surface area (Å²) in [6, 6.07) is 8.13. The van der Waals surface area contributed by atoms with Crippen LogP contribution in [0.25, 0.3) is 16.3 Å². The standard InChI is InChI=1S/C16H17BrN4OS/c17-12-4-1-3-11(7-12)15-19-20-16-21(15)10-14(23-16)9-18-8-13-5-2-6-22-13/h1,3-4,7,10,13,18H,2,5-6,8-9H2. The third-order valence-electron chi connectivity index (χ3n) is 3.94. The van der Waals surface area contributed by atoms with Crippen LogP contribution in [-0.4, -0.2) is 33.9 Å². The van der Waals surface area contributed by atoms with Gasteiger partial charge in [-0.15, -0.1) is 10.2 Å². The molecule has 1 aliphatic heterocycles. The van der Waals surface area contributed by atoms with E-state index in [0.717, 1.165) is 46.9 Å². The molecule has 1 N–H and O–H groups in total. The highest BCUT2D eigenvalue weighted by molar-refractivity contribution is 9.10. The topological polar surface area (TPSA) is 51.5 Å². The minimum absolute atomic E-state index is 0.373. The van der Waals surface area contributed by atoms with Crippen molar-refractivity contribution in [2.75, 3.05) is 13.2 Å². The van der Waals surface area contributed by atoms with Gasteiger partial charge in [-0.2, -0.15) is 0 Å². The van der Waals surface area contributed by atoms with Crippen LogP contribution in [0.2, 0.25) is 0 Å². The summed E-state index contributed by atoms with van der Waals surface area (Å²) in [5.41, 5.74) is 1.06. The molecule has 0 bridgehead atoms. The Hall–Kier alpha value is -1.28. The minimum Gasteiger partial charge on any atom is -0.377 e. The molecule has 0 amide bonds. The quantitative estimate of drug-likeness (QED) is 0.721. The minimum atomic E-state index is 0.373. The molecule has 1 aliphatic rings. The van der Waals surface area contributed by atoms with E-state index in [9.17, 15) is 0 Å². The van der Waals surface area contributed by atoms with Crippen molar-refractivity contribution in [3.63, 3.8) is 0 Å². The van der Waals surface area contributed by atoms with E-state index < -0.39 is 0 Å². The number of hydrogen-bond donors (Lipinski definition) is 1. The molecule has 120 valence electrons. The number of nitrogens with one attached hydrogen (secondary N) is 1. The maximum absolute atomic E-state index is 5.63. The monoisotopic (exact) mass is 392 g/mol. The summed E-state index contributed by atoms with van der Waals surface area (Å²) in [6.07, 6.45) is 4.84. The van der Waals surface area contributed by atoms with Gasteiger partial charge in [0.25, 0.3) is 0 Å². The summed E-state index contributed by atoms with van der Waals surface area (Å²) in [4.78, 5) is 2.18. The lowest BCUT2D eigenvalue weighted by Crippen LogP contribution is -2.25. The average Bonchev–Trinajstić information content (AvgIpc) is 3.23. The highest BCUT2D eigenvalue weighted by atomic mass is 79.9. The van der Waals surface area contributed by atoms with E-state index in [1.807, 2.05) is 18.2 Å². The maximum atomic E-state index is 5.63. The zero-order chi connectivity index (χ0) is 15.6. The van der Waals surface area contributed by atoms with Gasteiger partial charge in [-0.3, -0.25) is 4.40 Å². The summed E-state index contributed by atoms with van der Waals surface area (Å²) >= 11 is 5.18. The number of nitrogens with zero attached hydrogens (tertiary/aromatic N) is 3. The fraction of sp³-hybridized carbons (Fsp3) is 0.375. The molecule has 23 heavy (non-hydrogen) atoms. The lowest BCUT2D eigenvalue weighted by atomic mass is 10.2. The zero-order valence-corrected chi connectivity index (χ0v) is 14.9. The molecule has 1 atom stereocenters. The normalized spacial score (nSPS) is 18.0. The van der Waals surface area contributed by atoms with Gasteiger partial charge in [-0.05, 0) is 25.0 Å². The predicted molar refractivity (Wildman–Crippen MR) is 94.7 cm³/mol. The molecule has 1 saturated heterocycles. The Kier molecular flexibility index (Phi) is 4.43. The summed E-state index contributed by atoms with van der Waals surface area (Å²) < 4.78 is 8.74. The third kappa shape index (κ3) is 3.33. The van der Waals surface area contributed by atoms with Crippen molar-refractivity contribution in [1.29, 1.82) is 0 Å². The Morgan fingerprint density at radius 3 is 3.17 bits per heavy atom. The number of aromatic nitrogens is 3.